The molecule has 0 radical (unpaired) electrons. The molecule has 0 saturated carbocycles. The van der Waals surface area contributed by atoms with Crippen LogP contribution in [-0.2, 0) is 16.1 Å². The van der Waals surface area contributed by atoms with Gasteiger partial charge in [-0.1, -0.05) is 36.0 Å². The summed E-state index contributed by atoms with van der Waals surface area (Å²) in [6.07, 6.45) is 5.18. The third-order valence-corrected chi connectivity index (χ3v) is 7.35. The Kier molecular flexibility index (Phi) is 8.59. The number of benzene rings is 2. The summed E-state index contributed by atoms with van der Waals surface area (Å²) in [6.45, 7) is 3.97. The van der Waals surface area contributed by atoms with Gasteiger partial charge in [0.25, 0.3) is 5.91 Å². The normalized spacial score (nSPS) is 11.7. The average Bonchev–Trinajstić information content (AvgIpc) is 3.40. The Balaban J connectivity index is 1.53. The Morgan fingerprint density at radius 1 is 1.02 bits per heavy atom. The number of aromatic amines is 1. The minimum atomic E-state index is -0.943. The lowest BCUT2D eigenvalue weighted by molar-refractivity contribution is -0.137. The molecule has 2 amide bonds. The number of ether oxygens (including phenoxy) is 1. The lowest BCUT2D eigenvalue weighted by atomic mass is 10.0. The van der Waals surface area contributed by atoms with Crippen molar-refractivity contribution in [3.05, 3.63) is 108 Å². The molecule has 9 nitrogen and oxygen atoms in total. The Labute approximate surface area is 242 Å². The van der Waals surface area contributed by atoms with Crippen LogP contribution in [-0.4, -0.2) is 49.5 Å². The number of thioether (sulfide) groups is 1. The van der Waals surface area contributed by atoms with E-state index in [0.29, 0.717) is 22.2 Å². The van der Waals surface area contributed by atoms with Crippen LogP contribution < -0.4 is 10.1 Å². The molecule has 1 atom stereocenters. The number of pyridine rings is 1. The predicted molar refractivity (Wildman–Crippen MR) is 160 cm³/mol. The summed E-state index contributed by atoms with van der Waals surface area (Å²) in [5, 5.41) is 4.38. The van der Waals surface area contributed by atoms with Crippen molar-refractivity contribution >= 4 is 40.2 Å². The SMILES string of the molecule is COc1ccc(NC(=O)[C@@H](c2c[nH]c3ccccc23)N(Cc2cccnc2)C(=O)CSc2nc(C)cc(C)n2)cc1. The van der Waals surface area contributed by atoms with Crippen molar-refractivity contribution in [3.63, 3.8) is 0 Å². The third kappa shape index (κ3) is 6.72. The second kappa shape index (κ2) is 12.6. The zero-order valence-electron chi connectivity index (χ0n) is 23.0. The van der Waals surface area contributed by atoms with Crippen LogP contribution in [0, 0.1) is 13.8 Å². The molecule has 3 heterocycles. The monoisotopic (exact) mass is 566 g/mol. The van der Waals surface area contributed by atoms with Gasteiger partial charge in [-0.05, 0) is 61.9 Å². The first kappa shape index (κ1) is 27.9. The van der Waals surface area contributed by atoms with Gasteiger partial charge in [0.2, 0.25) is 5.91 Å². The first-order chi connectivity index (χ1) is 19.9. The Bertz CT molecular complexity index is 1640. The van der Waals surface area contributed by atoms with Crippen molar-refractivity contribution in [1.82, 2.24) is 24.8 Å². The molecule has 2 aromatic carbocycles. The summed E-state index contributed by atoms with van der Waals surface area (Å²) in [5.41, 5.74) is 4.61. The molecule has 0 bridgehead atoms. The molecule has 208 valence electrons. The zero-order chi connectivity index (χ0) is 28.8. The molecule has 3 aromatic heterocycles. The molecule has 0 aliphatic heterocycles. The zero-order valence-corrected chi connectivity index (χ0v) is 23.8. The van der Waals surface area contributed by atoms with E-state index in [1.807, 2.05) is 56.3 Å². The fraction of sp³-hybridized carbons (Fsp3) is 0.194. The van der Waals surface area contributed by atoms with Crippen molar-refractivity contribution in [2.45, 2.75) is 31.6 Å². The molecular weight excluding hydrogens is 536 g/mol. The number of fused-ring (bicyclic) bond motifs is 1. The number of methoxy groups -OCH3 is 1. The van der Waals surface area contributed by atoms with Crippen LogP contribution in [0.3, 0.4) is 0 Å². The van der Waals surface area contributed by atoms with Gasteiger partial charge in [0, 0.05) is 58.7 Å². The molecule has 0 aliphatic carbocycles. The largest absolute Gasteiger partial charge is 0.497 e. The maximum Gasteiger partial charge on any atom is 0.251 e. The number of anilines is 1. The molecule has 0 spiro atoms. The Morgan fingerprint density at radius 3 is 2.49 bits per heavy atom. The number of aromatic nitrogens is 4. The van der Waals surface area contributed by atoms with Crippen LogP contribution in [0.2, 0.25) is 0 Å². The molecule has 0 aliphatic rings. The number of hydrogen-bond donors (Lipinski definition) is 2. The van der Waals surface area contributed by atoms with Crippen molar-refractivity contribution in [3.8, 4) is 5.75 Å². The number of hydrogen-bond acceptors (Lipinski definition) is 7. The van der Waals surface area contributed by atoms with Gasteiger partial charge in [0.05, 0.1) is 12.9 Å². The number of aryl methyl sites for hydroxylation is 2. The van der Waals surface area contributed by atoms with Crippen LogP contribution >= 0.6 is 11.8 Å². The lowest BCUT2D eigenvalue weighted by Gasteiger charge is -2.31. The summed E-state index contributed by atoms with van der Waals surface area (Å²) in [7, 11) is 1.59. The Hall–Kier alpha value is -4.70. The topological polar surface area (TPSA) is 113 Å². The van der Waals surface area contributed by atoms with Crippen molar-refractivity contribution in [1.29, 1.82) is 0 Å². The number of carbonyl (C=O) groups excluding carboxylic acids is 2. The summed E-state index contributed by atoms with van der Waals surface area (Å²) in [4.78, 5) is 46.2. The number of para-hydroxylation sites is 1. The van der Waals surface area contributed by atoms with E-state index in [1.165, 1.54) is 11.8 Å². The summed E-state index contributed by atoms with van der Waals surface area (Å²) in [5.74, 6) is 0.152. The van der Waals surface area contributed by atoms with Crippen LogP contribution in [0.1, 0.15) is 28.6 Å². The fourth-order valence-corrected chi connectivity index (χ4v) is 5.47. The molecule has 5 aromatic rings. The molecule has 0 fully saturated rings. The fourth-order valence-electron chi connectivity index (χ4n) is 4.63. The number of amides is 2. The highest BCUT2D eigenvalue weighted by Gasteiger charge is 2.33. The van der Waals surface area contributed by atoms with Gasteiger partial charge in [-0.3, -0.25) is 14.6 Å². The lowest BCUT2D eigenvalue weighted by Crippen LogP contribution is -2.41. The standard InChI is InChI=1S/C31H30N6O3S/c1-20-15-21(2)35-31(34-20)41-19-28(38)37(18-22-7-6-14-32-16-22)29(26-17-33-27-9-5-4-8-25(26)27)30(39)36-23-10-12-24(40-3)13-11-23/h4-17,29,33H,18-19H2,1-3H3,(H,36,39)/t29-/m1/s1. The Morgan fingerprint density at radius 2 is 1.78 bits per heavy atom. The van der Waals surface area contributed by atoms with Crippen LogP contribution in [0.25, 0.3) is 10.9 Å². The predicted octanol–water partition coefficient (Wildman–Crippen LogP) is 5.48. The van der Waals surface area contributed by atoms with Gasteiger partial charge >= 0.3 is 0 Å². The van der Waals surface area contributed by atoms with E-state index >= 15 is 0 Å². The second-order valence-electron chi connectivity index (χ2n) is 9.51. The summed E-state index contributed by atoms with van der Waals surface area (Å²) in [6, 6.07) is 19.5. The summed E-state index contributed by atoms with van der Waals surface area (Å²) < 4.78 is 5.25. The van der Waals surface area contributed by atoms with E-state index < -0.39 is 6.04 Å². The highest BCUT2D eigenvalue weighted by atomic mass is 32.2. The number of H-pyrrole nitrogens is 1. The van der Waals surface area contributed by atoms with E-state index in [9.17, 15) is 9.59 Å². The van der Waals surface area contributed by atoms with E-state index in [0.717, 1.165) is 27.9 Å². The van der Waals surface area contributed by atoms with E-state index in [2.05, 4.69) is 25.3 Å². The van der Waals surface area contributed by atoms with Gasteiger partial charge < -0.3 is 19.9 Å². The van der Waals surface area contributed by atoms with E-state index in [4.69, 9.17) is 4.74 Å². The first-order valence-corrected chi connectivity index (χ1v) is 14.0. The van der Waals surface area contributed by atoms with Crippen LogP contribution in [0.15, 0.2) is 90.5 Å². The molecule has 0 unspecified atom stereocenters. The molecule has 10 heteroatoms. The van der Waals surface area contributed by atoms with Crippen molar-refractivity contribution in [2.75, 3.05) is 18.2 Å². The minimum Gasteiger partial charge on any atom is -0.497 e. The number of rotatable bonds is 10. The first-order valence-electron chi connectivity index (χ1n) is 13.1. The quantitative estimate of drug-likeness (QED) is 0.170. The highest BCUT2D eigenvalue weighted by Crippen LogP contribution is 2.32. The van der Waals surface area contributed by atoms with E-state index in [1.54, 1.807) is 54.9 Å². The van der Waals surface area contributed by atoms with Gasteiger partial charge in [-0.25, -0.2) is 9.97 Å². The molecule has 5 rings (SSSR count). The van der Waals surface area contributed by atoms with Gasteiger partial charge in [-0.2, -0.15) is 0 Å². The summed E-state index contributed by atoms with van der Waals surface area (Å²) >= 11 is 1.25. The third-order valence-electron chi connectivity index (χ3n) is 6.52. The maximum atomic E-state index is 14.1. The minimum absolute atomic E-state index is 0.0534. The van der Waals surface area contributed by atoms with Crippen molar-refractivity contribution < 1.29 is 14.3 Å². The maximum absolute atomic E-state index is 14.1. The van der Waals surface area contributed by atoms with E-state index in [-0.39, 0.29) is 24.1 Å². The highest BCUT2D eigenvalue weighted by molar-refractivity contribution is 7.99. The molecular formula is C31H30N6O3S. The molecule has 0 saturated heterocycles. The van der Waals surface area contributed by atoms with Crippen LogP contribution in [0.5, 0.6) is 5.75 Å². The van der Waals surface area contributed by atoms with Gasteiger partial charge in [0.15, 0.2) is 5.16 Å². The average molecular weight is 567 g/mol. The number of nitrogens with one attached hydrogen (secondary N) is 2. The molecule has 2 N–H and O–H groups in total. The van der Waals surface area contributed by atoms with Crippen LogP contribution in [0.4, 0.5) is 5.69 Å². The molecule has 41 heavy (non-hydrogen) atoms. The second-order valence-corrected chi connectivity index (χ2v) is 10.5. The number of nitrogens with zero attached hydrogens (tertiary/aromatic N) is 4. The number of carbonyl (C=O) groups is 2. The van der Waals surface area contributed by atoms with Gasteiger partial charge in [-0.15, -0.1) is 0 Å². The smallest absolute Gasteiger partial charge is 0.251 e. The van der Waals surface area contributed by atoms with Gasteiger partial charge in [0.1, 0.15) is 11.8 Å². The van der Waals surface area contributed by atoms with Crippen molar-refractivity contribution in [2.24, 2.45) is 0 Å².